The van der Waals surface area contributed by atoms with Crippen LogP contribution < -0.4 is 0 Å². The topological polar surface area (TPSA) is 59.4 Å². The summed E-state index contributed by atoms with van der Waals surface area (Å²) in [5, 5.41) is 0.482. The molecule has 1 aromatic carbocycles. The molecule has 0 spiro atoms. The van der Waals surface area contributed by atoms with E-state index in [0.29, 0.717) is 9.40 Å². The lowest BCUT2D eigenvalue weighted by molar-refractivity contribution is 0.594. The quantitative estimate of drug-likeness (QED) is 0.810. The number of pyridine rings is 1. The number of benzene rings is 1. The van der Waals surface area contributed by atoms with Gasteiger partial charge in [-0.25, -0.2) is 4.98 Å². The maximum atomic E-state index is 12.0. The first-order valence-corrected chi connectivity index (χ1v) is 8.43. The van der Waals surface area contributed by atoms with Gasteiger partial charge in [0.25, 0.3) is 10.0 Å². The predicted molar refractivity (Wildman–Crippen MR) is 77.0 cm³/mol. The summed E-state index contributed by atoms with van der Waals surface area (Å²) in [6.07, 6.45) is 1.58. The Morgan fingerprint density at radius 1 is 1.05 bits per heavy atom. The Hall–Kier alpha value is -1.31. The van der Waals surface area contributed by atoms with E-state index >= 15 is 0 Å². The van der Waals surface area contributed by atoms with Crippen molar-refractivity contribution >= 4 is 37.9 Å². The smallest absolute Gasteiger partial charge is 0.248 e. The fourth-order valence-electron chi connectivity index (χ4n) is 1.53. The van der Waals surface area contributed by atoms with Gasteiger partial charge in [-0.05, 0) is 36.0 Å². The summed E-state index contributed by atoms with van der Waals surface area (Å²) in [6.45, 7) is 0. The Labute approximate surface area is 119 Å². The van der Waals surface area contributed by atoms with Gasteiger partial charge in [0.1, 0.15) is 9.92 Å². The van der Waals surface area contributed by atoms with E-state index in [4.69, 9.17) is 0 Å². The molecule has 0 atom stereocenters. The molecule has 3 rings (SSSR count). The third-order valence-electron chi connectivity index (χ3n) is 2.34. The lowest BCUT2D eigenvalue weighted by Crippen LogP contribution is -2.08. The number of sulfonamides is 1. The zero-order valence-corrected chi connectivity index (χ0v) is 12.0. The first-order valence-electron chi connectivity index (χ1n) is 5.36. The summed E-state index contributed by atoms with van der Waals surface area (Å²) in [6, 6.07) is 12.7. The molecule has 0 saturated carbocycles. The van der Waals surface area contributed by atoms with Crippen molar-refractivity contribution in [3.63, 3.8) is 0 Å². The van der Waals surface area contributed by atoms with Gasteiger partial charge in [-0.3, -0.25) is 0 Å². The first kappa shape index (κ1) is 12.7. The Morgan fingerprint density at radius 3 is 2.63 bits per heavy atom. The second-order valence-corrected chi connectivity index (χ2v) is 7.53. The van der Waals surface area contributed by atoms with Crippen molar-refractivity contribution in [2.45, 2.75) is 14.8 Å². The third kappa shape index (κ3) is 2.68. The normalized spacial score (nSPS) is 16.5. The number of rotatable bonds is 1. The van der Waals surface area contributed by atoms with Crippen LogP contribution >= 0.6 is 23.5 Å². The molecular formula is C12H8N2O2S3. The van der Waals surface area contributed by atoms with E-state index in [1.165, 1.54) is 29.6 Å². The summed E-state index contributed by atoms with van der Waals surface area (Å²) in [4.78, 5) is 5.22. The van der Waals surface area contributed by atoms with Crippen molar-refractivity contribution in [2.75, 3.05) is 0 Å². The molecule has 0 amide bonds. The second-order valence-electron chi connectivity index (χ2n) is 3.66. The van der Waals surface area contributed by atoms with Gasteiger partial charge in [-0.1, -0.05) is 30.0 Å². The minimum Gasteiger partial charge on any atom is -0.248 e. The van der Waals surface area contributed by atoms with E-state index in [2.05, 4.69) is 9.38 Å². The molecule has 7 heteroatoms. The molecule has 0 saturated heterocycles. The van der Waals surface area contributed by atoms with Crippen LogP contribution in [0.5, 0.6) is 0 Å². The minimum absolute atomic E-state index is 0.178. The van der Waals surface area contributed by atoms with E-state index in [9.17, 15) is 8.42 Å². The second kappa shape index (κ2) is 4.99. The highest BCUT2D eigenvalue weighted by Crippen LogP contribution is 2.38. The van der Waals surface area contributed by atoms with Crippen molar-refractivity contribution in [3.8, 4) is 0 Å². The van der Waals surface area contributed by atoms with E-state index in [0.717, 1.165) is 4.90 Å². The maximum absolute atomic E-state index is 12.0. The minimum atomic E-state index is -3.63. The van der Waals surface area contributed by atoms with Gasteiger partial charge in [0.15, 0.2) is 4.38 Å². The molecule has 96 valence electrons. The van der Waals surface area contributed by atoms with Crippen molar-refractivity contribution in [1.82, 2.24) is 4.98 Å². The van der Waals surface area contributed by atoms with E-state index in [1.807, 2.05) is 30.3 Å². The average Bonchev–Trinajstić information content (AvgIpc) is 2.39. The Bertz CT molecular complexity index is 743. The fraction of sp³-hybridized carbons (Fsp3) is 0. The zero-order valence-electron chi connectivity index (χ0n) is 9.55. The maximum Gasteiger partial charge on any atom is 0.286 e. The third-order valence-corrected chi connectivity index (χ3v) is 6.07. The van der Waals surface area contributed by atoms with E-state index in [1.54, 1.807) is 12.3 Å². The molecule has 2 aromatic rings. The van der Waals surface area contributed by atoms with Gasteiger partial charge >= 0.3 is 0 Å². The molecule has 1 aliphatic heterocycles. The van der Waals surface area contributed by atoms with Gasteiger partial charge in [-0.2, -0.15) is 8.42 Å². The van der Waals surface area contributed by atoms with Crippen molar-refractivity contribution in [1.29, 1.82) is 0 Å². The lowest BCUT2D eigenvalue weighted by atomic mass is 10.4. The van der Waals surface area contributed by atoms with Crippen LogP contribution in [0.2, 0.25) is 0 Å². The molecule has 1 aliphatic rings. The summed E-state index contributed by atoms with van der Waals surface area (Å²) < 4.78 is 28.3. The molecule has 0 bridgehead atoms. The number of hydrogen-bond acceptors (Lipinski definition) is 5. The van der Waals surface area contributed by atoms with Crippen LogP contribution in [-0.4, -0.2) is 17.8 Å². The molecule has 2 heterocycles. The van der Waals surface area contributed by atoms with E-state index in [-0.39, 0.29) is 4.90 Å². The number of fused-ring (bicyclic) bond motifs is 1. The predicted octanol–water partition coefficient (Wildman–Crippen LogP) is 3.02. The molecule has 1 aromatic heterocycles. The molecule has 0 aliphatic carbocycles. The Morgan fingerprint density at radius 2 is 1.84 bits per heavy atom. The van der Waals surface area contributed by atoms with Crippen molar-refractivity contribution in [2.24, 2.45) is 4.40 Å². The van der Waals surface area contributed by atoms with Crippen molar-refractivity contribution in [3.05, 3.63) is 48.7 Å². The van der Waals surface area contributed by atoms with Crippen molar-refractivity contribution < 1.29 is 8.42 Å². The van der Waals surface area contributed by atoms with Crippen LogP contribution in [0, 0.1) is 0 Å². The van der Waals surface area contributed by atoms with Crippen LogP contribution in [0.15, 0.2) is 67.9 Å². The van der Waals surface area contributed by atoms with Crippen LogP contribution in [0.1, 0.15) is 0 Å². The molecular weight excluding hydrogens is 300 g/mol. The van der Waals surface area contributed by atoms with Crippen LogP contribution in [0.4, 0.5) is 0 Å². The molecule has 4 nitrogen and oxygen atoms in total. The van der Waals surface area contributed by atoms with Crippen LogP contribution in [0.3, 0.4) is 0 Å². The molecule has 0 unspecified atom stereocenters. The van der Waals surface area contributed by atoms with Gasteiger partial charge in [0.05, 0.1) is 0 Å². The summed E-state index contributed by atoms with van der Waals surface area (Å²) in [5.41, 5.74) is 0. The lowest BCUT2D eigenvalue weighted by Gasteiger charge is -2.13. The highest BCUT2D eigenvalue weighted by Gasteiger charge is 2.26. The van der Waals surface area contributed by atoms with Gasteiger partial charge in [0, 0.05) is 11.1 Å². The van der Waals surface area contributed by atoms with Crippen LogP contribution in [0.25, 0.3) is 0 Å². The first-order chi connectivity index (χ1) is 9.15. The summed E-state index contributed by atoms with van der Waals surface area (Å²) >= 11 is 2.60. The molecule has 19 heavy (non-hydrogen) atoms. The zero-order chi connectivity index (χ0) is 13.3. The number of thioether (sulfide) groups is 2. The molecule has 0 N–H and O–H groups in total. The number of hydrogen-bond donors (Lipinski definition) is 0. The van der Waals surface area contributed by atoms with Gasteiger partial charge < -0.3 is 0 Å². The average molecular weight is 308 g/mol. The highest BCUT2D eigenvalue weighted by molar-refractivity contribution is 8.39. The van der Waals surface area contributed by atoms with Crippen LogP contribution in [-0.2, 0) is 10.0 Å². The Balaban J connectivity index is 1.97. The van der Waals surface area contributed by atoms with E-state index < -0.39 is 10.0 Å². The standard InChI is InChI=1S/C12H8N2O2S3/c15-19(16)10-7-4-8-13-11(10)18-12(14-19)17-9-5-2-1-3-6-9/h1-8H. The van der Waals surface area contributed by atoms with Gasteiger partial charge in [-0.15, -0.1) is 4.40 Å². The SMILES string of the molecule is O=S1(=O)N=C(Sc2ccccc2)Sc2ncccc21. The van der Waals surface area contributed by atoms with Gasteiger partial charge in [0.2, 0.25) is 0 Å². The molecule has 0 fully saturated rings. The number of nitrogens with zero attached hydrogens (tertiary/aromatic N) is 2. The monoisotopic (exact) mass is 308 g/mol. The number of aromatic nitrogens is 1. The summed E-state index contributed by atoms with van der Waals surface area (Å²) in [7, 11) is -3.63. The fourth-order valence-corrected chi connectivity index (χ4v) is 5.31. The summed E-state index contributed by atoms with van der Waals surface area (Å²) in [5.74, 6) is 0. The highest BCUT2D eigenvalue weighted by atomic mass is 32.2. The largest absolute Gasteiger partial charge is 0.286 e. The Kier molecular flexibility index (Phi) is 3.34. The molecule has 0 radical (unpaired) electrons.